The Morgan fingerprint density at radius 2 is 1.71 bits per heavy atom. The molecule has 1 aromatic carbocycles. The van der Waals surface area contributed by atoms with E-state index in [1.54, 1.807) is 35.2 Å². The van der Waals surface area contributed by atoms with Crippen LogP contribution in [0.4, 0.5) is 4.39 Å². The molecule has 0 fully saturated rings. The molecule has 3 heterocycles. The second-order valence-corrected chi connectivity index (χ2v) is 8.92. The number of hydrogen-bond donors (Lipinski definition) is 2. The smallest absolute Gasteiger partial charge is 0.201 e. The van der Waals surface area contributed by atoms with E-state index in [2.05, 4.69) is 29.9 Å². The third kappa shape index (κ3) is 5.77. The minimum Gasteiger partial charge on any atom is -0.494 e. The number of halogens is 1. The first kappa shape index (κ1) is 27.0. The first-order chi connectivity index (χ1) is 18.4. The van der Waals surface area contributed by atoms with Gasteiger partial charge in [0.15, 0.2) is 17.5 Å². The third-order valence-corrected chi connectivity index (χ3v) is 6.22. The molecule has 0 amide bonds. The molecule has 0 unspecified atom stereocenters. The van der Waals surface area contributed by atoms with Crippen molar-refractivity contribution in [1.29, 1.82) is 0 Å². The topological polar surface area (TPSA) is 143 Å². The van der Waals surface area contributed by atoms with Crippen molar-refractivity contribution in [3.8, 4) is 28.6 Å². The number of aromatic nitrogens is 6. The van der Waals surface area contributed by atoms with Crippen LogP contribution in [0, 0.1) is 12.7 Å². The van der Waals surface area contributed by atoms with E-state index in [1.165, 1.54) is 21.3 Å². The number of thiol groups is 1. The van der Waals surface area contributed by atoms with Crippen molar-refractivity contribution < 1.29 is 27.0 Å². The minimum atomic E-state index is -3.07. The van der Waals surface area contributed by atoms with Crippen molar-refractivity contribution in [2.75, 3.05) is 21.3 Å². The molecule has 0 aliphatic heterocycles. The Hall–Kier alpha value is -4.01. The highest BCUT2D eigenvalue weighted by Crippen LogP contribution is 2.37. The molecule has 2 atom stereocenters. The Labute approximate surface area is 219 Å². The molecule has 200 valence electrons. The number of methoxy groups -OCH3 is 3. The van der Waals surface area contributed by atoms with Crippen molar-refractivity contribution in [3.05, 3.63) is 72.1 Å². The van der Waals surface area contributed by atoms with Crippen molar-refractivity contribution in [2.24, 2.45) is 0 Å². The highest BCUT2D eigenvalue weighted by Gasteiger charge is 2.31. The normalized spacial score (nSPS) is 12.9. The summed E-state index contributed by atoms with van der Waals surface area (Å²) in [7, 11) is 1.35. The molecule has 0 bridgehead atoms. The molecule has 0 spiro atoms. The van der Waals surface area contributed by atoms with Gasteiger partial charge in [-0.05, 0) is 30.7 Å². The summed E-state index contributed by atoms with van der Waals surface area (Å²) in [4.78, 5) is 12.2. The Morgan fingerprint density at radius 3 is 2.29 bits per heavy atom. The van der Waals surface area contributed by atoms with Crippen LogP contribution < -0.4 is 14.2 Å². The zero-order valence-corrected chi connectivity index (χ0v) is 21.9. The van der Waals surface area contributed by atoms with E-state index in [1.807, 2.05) is 13.0 Å². The number of rotatable bonds is 11. The summed E-state index contributed by atoms with van der Waals surface area (Å²) in [5.74, 6) is 1.17. The summed E-state index contributed by atoms with van der Waals surface area (Å²) < 4.78 is 58.1. The molecular weight excluding hydrogens is 517 g/mol. The zero-order chi connectivity index (χ0) is 27.2. The average molecular weight is 544 g/mol. The van der Waals surface area contributed by atoms with Crippen LogP contribution in [0.25, 0.3) is 17.1 Å². The molecular formula is C24H26FN7O5S. The Bertz CT molecular complexity index is 1450. The standard InChI is InChI=1S/C24H26FN7O5S/c1-14-8-15(11-26-10-14)24-30-29-20(32(24)21-18(35-2)6-5-7-19(21)36-3)9-17(31-38(33)34)22(37-4)23-27-12-16(25)13-28-23/h5-8,10-13,17,22,38H,9H2,1-4H3,(H,31,33,34)/t17-,22-/m0/s1. The summed E-state index contributed by atoms with van der Waals surface area (Å²) in [6, 6.07) is 6.26. The molecule has 0 aliphatic carbocycles. The summed E-state index contributed by atoms with van der Waals surface area (Å²) in [5, 5.41) is 8.82. The quantitative estimate of drug-likeness (QED) is 0.270. The molecule has 0 aliphatic rings. The van der Waals surface area contributed by atoms with Gasteiger partial charge in [0, 0.05) is 31.5 Å². The van der Waals surface area contributed by atoms with Gasteiger partial charge in [-0.2, -0.15) is 0 Å². The van der Waals surface area contributed by atoms with Crippen LogP contribution in [0.1, 0.15) is 23.3 Å². The average Bonchev–Trinajstić information content (AvgIpc) is 3.32. The molecule has 0 saturated carbocycles. The number of nitrogens with one attached hydrogen (secondary N) is 1. The van der Waals surface area contributed by atoms with Gasteiger partial charge in [-0.25, -0.2) is 27.5 Å². The summed E-state index contributed by atoms with van der Waals surface area (Å²) in [6.07, 6.45) is 4.33. The minimum absolute atomic E-state index is 0.0179. The van der Waals surface area contributed by atoms with Gasteiger partial charge in [0.05, 0.1) is 32.7 Å². The number of ether oxygens (including phenoxy) is 3. The predicted molar refractivity (Wildman–Crippen MR) is 135 cm³/mol. The number of pyridine rings is 1. The number of nitrogens with zero attached hydrogens (tertiary/aromatic N) is 6. The Morgan fingerprint density at radius 1 is 1.03 bits per heavy atom. The maximum Gasteiger partial charge on any atom is 0.201 e. The molecule has 4 rings (SSSR count). The third-order valence-electron chi connectivity index (χ3n) is 5.68. The van der Waals surface area contributed by atoms with Crippen molar-refractivity contribution in [1.82, 2.24) is 34.4 Å². The fourth-order valence-corrected chi connectivity index (χ4v) is 4.57. The Balaban J connectivity index is 1.90. The first-order valence-electron chi connectivity index (χ1n) is 11.3. The second kappa shape index (κ2) is 12.0. The monoisotopic (exact) mass is 543 g/mol. The fraction of sp³-hybridized carbons (Fsp3) is 0.292. The molecule has 0 radical (unpaired) electrons. The van der Waals surface area contributed by atoms with E-state index < -0.39 is 28.9 Å². The fourth-order valence-electron chi connectivity index (χ4n) is 4.07. The van der Waals surface area contributed by atoms with Crippen LogP contribution in [0.3, 0.4) is 0 Å². The Kier molecular flexibility index (Phi) is 8.55. The van der Waals surface area contributed by atoms with Crippen LogP contribution in [0.5, 0.6) is 11.5 Å². The van der Waals surface area contributed by atoms with E-state index in [4.69, 9.17) is 14.2 Å². The van der Waals surface area contributed by atoms with Gasteiger partial charge in [-0.3, -0.25) is 9.55 Å². The molecule has 14 heteroatoms. The SMILES string of the molecule is COc1cccc(OC)c1-n1c(C[C@H](N[SH](=O)=O)[C@H](OC)c2ncc(F)cn2)nnc1-c1cncc(C)c1. The van der Waals surface area contributed by atoms with E-state index in [9.17, 15) is 12.8 Å². The molecule has 4 aromatic rings. The van der Waals surface area contributed by atoms with E-state index in [0.29, 0.717) is 34.4 Å². The second-order valence-electron chi connectivity index (χ2n) is 8.15. The van der Waals surface area contributed by atoms with Crippen molar-refractivity contribution in [2.45, 2.75) is 25.5 Å². The highest BCUT2D eigenvalue weighted by atomic mass is 32.2. The lowest BCUT2D eigenvalue weighted by atomic mass is 10.1. The highest BCUT2D eigenvalue weighted by molar-refractivity contribution is 7.70. The van der Waals surface area contributed by atoms with Gasteiger partial charge < -0.3 is 14.2 Å². The molecule has 0 saturated heterocycles. The number of hydrogen-bond acceptors (Lipinski definition) is 10. The van der Waals surface area contributed by atoms with Crippen LogP contribution >= 0.6 is 0 Å². The van der Waals surface area contributed by atoms with Gasteiger partial charge in [0.25, 0.3) is 0 Å². The van der Waals surface area contributed by atoms with Gasteiger partial charge >= 0.3 is 0 Å². The molecule has 38 heavy (non-hydrogen) atoms. The predicted octanol–water partition coefficient (Wildman–Crippen LogP) is 2.00. The van der Waals surface area contributed by atoms with E-state index in [-0.39, 0.29) is 12.2 Å². The number of benzene rings is 1. The zero-order valence-electron chi connectivity index (χ0n) is 21.0. The largest absolute Gasteiger partial charge is 0.494 e. The summed E-state index contributed by atoms with van der Waals surface area (Å²) in [6.45, 7) is 1.90. The summed E-state index contributed by atoms with van der Waals surface area (Å²) >= 11 is 0. The van der Waals surface area contributed by atoms with Crippen molar-refractivity contribution in [3.63, 3.8) is 0 Å². The van der Waals surface area contributed by atoms with E-state index >= 15 is 0 Å². The van der Waals surface area contributed by atoms with Gasteiger partial charge in [0.2, 0.25) is 10.9 Å². The first-order valence-corrected chi connectivity index (χ1v) is 12.5. The van der Waals surface area contributed by atoms with E-state index in [0.717, 1.165) is 18.0 Å². The van der Waals surface area contributed by atoms with Crippen LogP contribution in [0.15, 0.2) is 49.1 Å². The van der Waals surface area contributed by atoms with Crippen LogP contribution in [0.2, 0.25) is 0 Å². The van der Waals surface area contributed by atoms with Crippen LogP contribution in [-0.4, -0.2) is 65.5 Å². The van der Waals surface area contributed by atoms with Crippen LogP contribution in [-0.2, 0) is 22.0 Å². The molecule has 12 nitrogen and oxygen atoms in total. The lowest BCUT2D eigenvalue weighted by molar-refractivity contribution is 0.0674. The van der Waals surface area contributed by atoms with Crippen molar-refractivity contribution >= 4 is 10.9 Å². The van der Waals surface area contributed by atoms with Gasteiger partial charge in [0.1, 0.15) is 29.1 Å². The lowest BCUT2D eigenvalue weighted by Crippen LogP contribution is -2.38. The number of aryl methyl sites for hydroxylation is 1. The van der Waals surface area contributed by atoms with Gasteiger partial charge in [-0.1, -0.05) is 6.07 Å². The maximum absolute atomic E-state index is 13.5. The maximum atomic E-state index is 13.5. The van der Waals surface area contributed by atoms with Gasteiger partial charge in [-0.15, -0.1) is 10.2 Å². The summed E-state index contributed by atoms with van der Waals surface area (Å²) in [5.41, 5.74) is 2.08. The molecule has 1 N–H and O–H groups in total. The number of para-hydroxylation sites is 1. The molecule has 3 aromatic heterocycles. The lowest BCUT2D eigenvalue weighted by Gasteiger charge is -2.24.